The summed E-state index contributed by atoms with van der Waals surface area (Å²) in [4.78, 5) is 58.3. The number of rotatable bonds is 2. The molecule has 0 aliphatic carbocycles. The van der Waals surface area contributed by atoms with E-state index in [-0.39, 0.29) is 65.4 Å². The lowest BCUT2D eigenvalue weighted by Crippen LogP contribution is -2.17. The zero-order valence-electron chi connectivity index (χ0n) is 29.7. The summed E-state index contributed by atoms with van der Waals surface area (Å²) in [6.07, 6.45) is 0. The molecule has 10 heteroatoms. The van der Waals surface area contributed by atoms with E-state index in [9.17, 15) is 38.5 Å². The molecular formula is C48H20F2N4O4. The molecule has 0 saturated heterocycles. The van der Waals surface area contributed by atoms with Crippen LogP contribution in [0.3, 0.4) is 0 Å². The third-order valence-corrected chi connectivity index (χ3v) is 11.2. The van der Waals surface area contributed by atoms with Crippen molar-refractivity contribution in [3.63, 3.8) is 0 Å². The molecule has 0 unspecified atom stereocenters. The Kier molecular flexibility index (Phi) is 6.60. The minimum Gasteiger partial charge on any atom is -0.307 e. The Morgan fingerprint density at radius 3 is 1.19 bits per heavy atom. The quantitative estimate of drug-likeness (QED) is 0.128. The smallest absolute Gasteiger partial charge is 0.197 e. The van der Waals surface area contributed by atoms with Gasteiger partial charge in [-0.3, -0.25) is 19.2 Å². The Morgan fingerprint density at radius 2 is 0.759 bits per heavy atom. The van der Waals surface area contributed by atoms with Gasteiger partial charge in [0.2, 0.25) is 0 Å². The fourth-order valence-electron chi connectivity index (χ4n) is 8.77. The van der Waals surface area contributed by atoms with E-state index in [4.69, 9.17) is 0 Å². The lowest BCUT2D eigenvalue weighted by Gasteiger charge is -2.19. The van der Waals surface area contributed by atoms with Crippen LogP contribution in [-0.4, -0.2) is 8.80 Å². The number of para-hydroxylation sites is 2. The van der Waals surface area contributed by atoms with Crippen molar-refractivity contribution in [2.24, 2.45) is 0 Å². The summed E-state index contributed by atoms with van der Waals surface area (Å²) in [5.41, 5.74) is 2.58. The maximum Gasteiger partial charge on any atom is 0.197 e. The Bertz CT molecular complexity index is 4020. The second-order valence-electron chi connectivity index (χ2n) is 14.4. The first-order valence-corrected chi connectivity index (χ1v) is 18.1. The molecule has 0 fully saturated rings. The Hall–Kier alpha value is -8.34. The maximum absolute atomic E-state index is 14.9. The minimum absolute atomic E-state index is 0.111. The van der Waals surface area contributed by atoms with Gasteiger partial charge in [0.1, 0.15) is 11.6 Å². The summed E-state index contributed by atoms with van der Waals surface area (Å²) < 4.78 is 32.6. The van der Waals surface area contributed by atoms with Crippen molar-refractivity contribution in [3.8, 4) is 34.4 Å². The Labute approximate surface area is 322 Å². The van der Waals surface area contributed by atoms with Crippen LogP contribution in [0.4, 0.5) is 8.78 Å². The predicted molar refractivity (Wildman–Crippen MR) is 221 cm³/mol. The highest BCUT2D eigenvalue weighted by atomic mass is 19.1. The van der Waals surface area contributed by atoms with Crippen LogP contribution in [0.15, 0.2) is 141 Å². The van der Waals surface area contributed by atoms with Crippen molar-refractivity contribution < 1.29 is 8.78 Å². The molecule has 0 aliphatic rings. The first kappa shape index (κ1) is 33.0. The van der Waals surface area contributed by atoms with Gasteiger partial charge in [0, 0.05) is 49.2 Å². The van der Waals surface area contributed by atoms with Crippen LogP contribution in [-0.2, 0) is 0 Å². The van der Waals surface area contributed by atoms with Crippen LogP contribution in [0, 0.1) is 34.3 Å². The number of aromatic nitrogens is 2. The van der Waals surface area contributed by atoms with E-state index in [1.54, 1.807) is 78.9 Å². The van der Waals surface area contributed by atoms with Gasteiger partial charge < -0.3 is 8.80 Å². The van der Waals surface area contributed by atoms with Gasteiger partial charge in [-0.25, -0.2) is 8.78 Å². The number of hydrogen-bond donors (Lipinski definition) is 0. The van der Waals surface area contributed by atoms with Crippen LogP contribution in [0.5, 0.6) is 0 Å². The Morgan fingerprint density at radius 1 is 0.379 bits per heavy atom. The van der Waals surface area contributed by atoms with Crippen LogP contribution < -0.4 is 21.7 Å². The molecule has 0 aliphatic heterocycles. The molecule has 0 radical (unpaired) electrons. The second kappa shape index (κ2) is 11.6. The third kappa shape index (κ3) is 4.39. The third-order valence-electron chi connectivity index (χ3n) is 11.2. The number of nitriles is 2. The van der Waals surface area contributed by atoms with Crippen LogP contribution in [0.2, 0.25) is 0 Å². The van der Waals surface area contributed by atoms with Crippen LogP contribution >= 0.6 is 0 Å². The molecule has 0 N–H and O–H groups in total. The molecule has 0 saturated carbocycles. The molecule has 58 heavy (non-hydrogen) atoms. The lowest BCUT2D eigenvalue weighted by atomic mass is 9.94. The van der Waals surface area contributed by atoms with E-state index in [1.165, 1.54) is 24.3 Å². The first-order chi connectivity index (χ1) is 28.1. The molecule has 0 spiro atoms. The molecule has 4 aromatic heterocycles. The molecule has 7 aromatic carbocycles. The van der Waals surface area contributed by atoms with Gasteiger partial charge in [0.05, 0.1) is 56.4 Å². The van der Waals surface area contributed by atoms with Crippen LogP contribution in [0.1, 0.15) is 11.1 Å². The number of fused-ring (bicyclic) bond motifs is 8. The van der Waals surface area contributed by atoms with Crippen molar-refractivity contribution in [3.05, 3.63) is 185 Å². The topological polar surface area (TPSA) is 125 Å². The molecule has 0 amide bonds. The average molecular weight is 755 g/mol. The SMILES string of the molecule is N#Cc1cc(C#N)cc(-c2cc3c(=O)c4ccccc4n4c5cc6c(cc5c(=O)c(c2)c34)c(=O)c2cc(-c3cc(F)cc(F)c3)cc3c(=O)c4ccccc4n6c32)c1. The molecule has 11 aromatic rings. The molecule has 0 bridgehead atoms. The van der Waals surface area contributed by atoms with E-state index >= 15 is 0 Å². The minimum atomic E-state index is -0.822. The zero-order chi connectivity index (χ0) is 39.7. The zero-order valence-corrected chi connectivity index (χ0v) is 29.7. The van der Waals surface area contributed by atoms with Crippen molar-refractivity contribution in [2.45, 2.75) is 0 Å². The average Bonchev–Trinajstić information content (AvgIpc) is 3.24. The van der Waals surface area contributed by atoms with Gasteiger partial charge in [0.15, 0.2) is 21.7 Å². The fourth-order valence-corrected chi connectivity index (χ4v) is 8.77. The summed E-state index contributed by atoms with van der Waals surface area (Å²) >= 11 is 0. The first-order valence-electron chi connectivity index (χ1n) is 18.1. The van der Waals surface area contributed by atoms with E-state index in [2.05, 4.69) is 12.1 Å². The van der Waals surface area contributed by atoms with Crippen molar-refractivity contribution in [1.82, 2.24) is 8.80 Å². The molecule has 11 rings (SSSR count). The van der Waals surface area contributed by atoms with E-state index in [1.807, 2.05) is 8.80 Å². The number of benzene rings is 7. The highest BCUT2D eigenvalue weighted by molar-refractivity contribution is 6.14. The van der Waals surface area contributed by atoms with Gasteiger partial charge in [-0.2, -0.15) is 10.5 Å². The molecule has 0 atom stereocenters. The summed E-state index contributed by atoms with van der Waals surface area (Å²) in [6, 6.07) is 35.3. The van der Waals surface area contributed by atoms with Crippen molar-refractivity contribution >= 4 is 76.2 Å². The highest BCUT2D eigenvalue weighted by Crippen LogP contribution is 2.36. The lowest BCUT2D eigenvalue weighted by molar-refractivity contribution is 0.584. The van der Waals surface area contributed by atoms with E-state index in [0.717, 1.165) is 18.2 Å². The number of halogens is 2. The summed E-state index contributed by atoms with van der Waals surface area (Å²) in [5.74, 6) is -1.64. The van der Waals surface area contributed by atoms with Gasteiger partial charge >= 0.3 is 0 Å². The van der Waals surface area contributed by atoms with Crippen molar-refractivity contribution in [2.75, 3.05) is 0 Å². The standard InChI is InChI=1S/C48H20F2N4O4/c49-29-12-26(13-30(50)18-29)28-16-36-44-38(17-28)48(58)34-19-33-41(20-42(34)54(44)40-8-4-2-6-32(40)46(36)56)53-39-7-3-1-5-31(39)45(55)35-14-27(15-37(43(35)53)47(33)57)25-10-23(21-51)9-24(11-25)22-52/h1-20H. The summed E-state index contributed by atoms with van der Waals surface area (Å²) in [6.45, 7) is 0. The summed E-state index contributed by atoms with van der Waals surface area (Å²) in [7, 11) is 0. The van der Waals surface area contributed by atoms with E-state index in [0.29, 0.717) is 55.0 Å². The summed E-state index contributed by atoms with van der Waals surface area (Å²) in [5, 5.41) is 21.2. The van der Waals surface area contributed by atoms with Gasteiger partial charge in [-0.05, 0) is 113 Å². The second-order valence-corrected chi connectivity index (χ2v) is 14.4. The molecular weight excluding hydrogens is 735 g/mol. The maximum atomic E-state index is 14.9. The van der Waals surface area contributed by atoms with Gasteiger partial charge in [-0.15, -0.1) is 0 Å². The monoisotopic (exact) mass is 754 g/mol. The molecule has 8 nitrogen and oxygen atoms in total. The van der Waals surface area contributed by atoms with Gasteiger partial charge in [-0.1, -0.05) is 24.3 Å². The number of pyridine rings is 4. The molecule has 270 valence electrons. The van der Waals surface area contributed by atoms with Crippen LogP contribution in [0.25, 0.3) is 98.4 Å². The normalized spacial score (nSPS) is 11.9. The highest BCUT2D eigenvalue weighted by Gasteiger charge is 2.23. The molecule has 4 heterocycles. The Balaban J connectivity index is 1.37. The fraction of sp³-hybridized carbons (Fsp3) is 0. The van der Waals surface area contributed by atoms with Crippen molar-refractivity contribution in [1.29, 1.82) is 10.5 Å². The largest absolute Gasteiger partial charge is 0.307 e. The van der Waals surface area contributed by atoms with E-state index < -0.39 is 22.5 Å². The number of hydrogen-bond acceptors (Lipinski definition) is 6. The number of nitrogens with zero attached hydrogens (tertiary/aromatic N) is 4. The predicted octanol–water partition coefficient (Wildman–Crippen LogP) is 8.78. The van der Waals surface area contributed by atoms with Gasteiger partial charge in [0.25, 0.3) is 0 Å².